The molecule has 0 unspecified atom stereocenters. The zero-order valence-electron chi connectivity index (χ0n) is 32.4. The second-order valence-electron chi connectivity index (χ2n) is 15.9. The Morgan fingerprint density at radius 1 is 0.241 bits per heavy atom. The van der Waals surface area contributed by atoms with Gasteiger partial charge >= 0.3 is 0 Å². The van der Waals surface area contributed by atoms with Crippen LogP contribution in [0.25, 0.3) is 98.6 Å². The fraction of sp³-hybridized carbons (Fsp3) is 0.111. The van der Waals surface area contributed by atoms with Crippen LogP contribution in [0.3, 0.4) is 0 Å². The summed E-state index contributed by atoms with van der Waals surface area (Å²) in [5.41, 5.74) is 12.7. The molecule has 0 amide bonds. The van der Waals surface area contributed by atoms with Crippen LogP contribution in [0.2, 0.25) is 0 Å². The van der Waals surface area contributed by atoms with Crippen molar-refractivity contribution in [3.8, 4) is 11.4 Å². The largest absolute Gasteiger partial charge is 0.340 e. The first kappa shape index (κ1) is 33.1. The van der Waals surface area contributed by atoms with E-state index in [0.717, 1.165) is 25.9 Å². The van der Waals surface area contributed by atoms with Crippen molar-refractivity contribution in [1.82, 2.24) is 18.3 Å². The molecule has 0 spiro atoms. The number of benzene rings is 8. The normalized spacial score (nSPS) is 12.2. The van der Waals surface area contributed by atoms with Crippen molar-refractivity contribution in [2.24, 2.45) is 0 Å². The molecule has 12 rings (SSSR count). The van der Waals surface area contributed by atoms with Gasteiger partial charge in [0.2, 0.25) is 0 Å². The maximum Gasteiger partial charge on any atom is 0.0541 e. The summed E-state index contributed by atoms with van der Waals surface area (Å²) in [6.07, 6.45) is 4.69. The molecule has 278 valence electrons. The zero-order valence-corrected chi connectivity index (χ0v) is 32.4. The minimum atomic E-state index is 1.01. The van der Waals surface area contributed by atoms with E-state index in [1.165, 1.54) is 111 Å². The third-order valence-electron chi connectivity index (χ3n) is 12.7. The Kier molecular flexibility index (Phi) is 7.59. The molecular formula is C54H42N4. The molecule has 0 saturated carbocycles. The summed E-state index contributed by atoms with van der Waals surface area (Å²) >= 11 is 0. The van der Waals surface area contributed by atoms with E-state index in [9.17, 15) is 0 Å². The van der Waals surface area contributed by atoms with E-state index in [0.29, 0.717) is 0 Å². The standard InChI is InChI=1S/C54H42N4/c1(15-33-55-47-23-9-3-21-43(47)45-35-37(29-31-49(45)55)57-51-25-11-5-17-39(51)40-18-6-12-26-52(40)57)2-16-34-56-48-24-10-4-22-44(48)46-36-38(30-32-50(46)56)58-53-27-13-7-19-41(53)42-20-8-14-28-54(42)58/h3-14,17-32,35-36H,1-2,15-16,33-34H2. The Bertz CT molecular complexity index is 3190. The van der Waals surface area contributed by atoms with E-state index in [2.05, 4.69) is 200 Å². The van der Waals surface area contributed by atoms with E-state index in [-0.39, 0.29) is 0 Å². The van der Waals surface area contributed by atoms with Gasteiger partial charge in [-0.15, -0.1) is 0 Å². The van der Waals surface area contributed by atoms with E-state index in [4.69, 9.17) is 0 Å². The van der Waals surface area contributed by atoms with Gasteiger partial charge in [-0.05, 0) is 85.6 Å². The van der Waals surface area contributed by atoms with Crippen LogP contribution in [0, 0.1) is 0 Å². The number of unbranched alkanes of at least 4 members (excludes halogenated alkanes) is 3. The van der Waals surface area contributed by atoms with E-state index in [1.54, 1.807) is 0 Å². The summed E-state index contributed by atoms with van der Waals surface area (Å²) in [6.45, 7) is 2.03. The van der Waals surface area contributed by atoms with Gasteiger partial charge in [0.1, 0.15) is 0 Å². The molecular weight excluding hydrogens is 705 g/mol. The van der Waals surface area contributed by atoms with Gasteiger partial charge in [0, 0.05) is 89.6 Å². The van der Waals surface area contributed by atoms with Crippen LogP contribution < -0.4 is 0 Å². The van der Waals surface area contributed by atoms with Crippen molar-refractivity contribution in [3.05, 3.63) is 182 Å². The van der Waals surface area contributed by atoms with Crippen molar-refractivity contribution >= 4 is 87.2 Å². The molecule has 0 aliphatic rings. The Labute approximate surface area is 336 Å². The highest BCUT2D eigenvalue weighted by molar-refractivity contribution is 6.13. The number of aromatic nitrogens is 4. The summed E-state index contributed by atoms with van der Waals surface area (Å²) in [6, 6.07) is 67.1. The Hall–Kier alpha value is -7.04. The molecule has 8 aromatic carbocycles. The summed E-state index contributed by atoms with van der Waals surface area (Å²) in [4.78, 5) is 0. The molecule has 0 bridgehead atoms. The molecule has 0 saturated heterocycles. The first-order chi connectivity index (χ1) is 28.8. The number of fused-ring (bicyclic) bond motifs is 12. The van der Waals surface area contributed by atoms with Gasteiger partial charge in [-0.3, -0.25) is 0 Å². The highest BCUT2D eigenvalue weighted by atomic mass is 15.0. The zero-order chi connectivity index (χ0) is 38.2. The molecule has 4 aromatic heterocycles. The van der Waals surface area contributed by atoms with Gasteiger partial charge in [0.25, 0.3) is 0 Å². The summed E-state index contributed by atoms with van der Waals surface area (Å²) in [7, 11) is 0. The van der Waals surface area contributed by atoms with Crippen molar-refractivity contribution in [3.63, 3.8) is 0 Å². The van der Waals surface area contributed by atoms with E-state index < -0.39 is 0 Å². The van der Waals surface area contributed by atoms with Crippen LogP contribution >= 0.6 is 0 Å². The van der Waals surface area contributed by atoms with Crippen LogP contribution in [0.15, 0.2) is 182 Å². The number of rotatable bonds is 9. The Morgan fingerprint density at radius 3 is 0.862 bits per heavy atom. The first-order valence-corrected chi connectivity index (χ1v) is 20.8. The molecule has 0 aliphatic heterocycles. The molecule has 4 heterocycles. The van der Waals surface area contributed by atoms with Gasteiger partial charge in [-0.25, -0.2) is 0 Å². The highest BCUT2D eigenvalue weighted by Crippen LogP contribution is 2.38. The third kappa shape index (κ3) is 5.01. The second kappa shape index (κ2) is 13.3. The SMILES string of the molecule is c1ccc2c(c1)c1cc(-n3c4ccccc4c4ccccc43)ccc1n2CCCCCCn1c2ccccc2c2cc(-n3c4ccccc4c4ccccc43)ccc21. The summed E-state index contributed by atoms with van der Waals surface area (Å²) < 4.78 is 9.97. The molecule has 58 heavy (non-hydrogen) atoms. The second-order valence-corrected chi connectivity index (χ2v) is 15.9. The minimum absolute atomic E-state index is 1.01. The monoisotopic (exact) mass is 746 g/mol. The molecule has 4 heteroatoms. The Morgan fingerprint density at radius 2 is 0.517 bits per heavy atom. The van der Waals surface area contributed by atoms with Gasteiger partial charge in [0.05, 0.1) is 22.1 Å². The predicted octanol–water partition coefficient (Wildman–Crippen LogP) is 14.4. The molecule has 0 atom stereocenters. The number of aryl methyl sites for hydroxylation is 2. The lowest BCUT2D eigenvalue weighted by Gasteiger charge is -2.11. The first-order valence-electron chi connectivity index (χ1n) is 20.8. The van der Waals surface area contributed by atoms with Crippen molar-refractivity contribution < 1.29 is 0 Å². The topological polar surface area (TPSA) is 19.7 Å². The number of hydrogen-bond donors (Lipinski definition) is 0. The van der Waals surface area contributed by atoms with Gasteiger partial charge in [0.15, 0.2) is 0 Å². The highest BCUT2D eigenvalue weighted by Gasteiger charge is 2.17. The van der Waals surface area contributed by atoms with Crippen LogP contribution in [-0.4, -0.2) is 18.3 Å². The van der Waals surface area contributed by atoms with Gasteiger partial charge < -0.3 is 18.3 Å². The van der Waals surface area contributed by atoms with E-state index >= 15 is 0 Å². The summed E-state index contributed by atoms with van der Waals surface area (Å²) in [5.74, 6) is 0. The molecule has 0 radical (unpaired) electrons. The van der Waals surface area contributed by atoms with Gasteiger partial charge in [-0.2, -0.15) is 0 Å². The predicted molar refractivity (Wildman–Crippen MR) is 246 cm³/mol. The molecule has 0 aliphatic carbocycles. The number of para-hydroxylation sites is 6. The van der Waals surface area contributed by atoms with Crippen LogP contribution in [0.5, 0.6) is 0 Å². The molecule has 4 nitrogen and oxygen atoms in total. The number of hydrogen-bond acceptors (Lipinski definition) is 0. The van der Waals surface area contributed by atoms with Crippen molar-refractivity contribution in [1.29, 1.82) is 0 Å². The molecule has 0 fully saturated rings. The van der Waals surface area contributed by atoms with Crippen molar-refractivity contribution in [2.75, 3.05) is 0 Å². The maximum absolute atomic E-state index is 2.56. The van der Waals surface area contributed by atoms with E-state index in [1.807, 2.05) is 0 Å². The number of nitrogens with zero attached hydrogens (tertiary/aromatic N) is 4. The average Bonchev–Trinajstić information content (AvgIpc) is 4.00. The van der Waals surface area contributed by atoms with Crippen LogP contribution in [0.4, 0.5) is 0 Å². The quantitative estimate of drug-likeness (QED) is 0.131. The van der Waals surface area contributed by atoms with Gasteiger partial charge in [-0.1, -0.05) is 122 Å². The maximum atomic E-state index is 2.56. The average molecular weight is 747 g/mol. The fourth-order valence-electron chi connectivity index (χ4n) is 10.1. The summed E-state index contributed by atoms with van der Waals surface area (Å²) in [5, 5.41) is 10.5. The fourth-order valence-corrected chi connectivity index (χ4v) is 10.1. The van der Waals surface area contributed by atoms with Crippen LogP contribution in [0.1, 0.15) is 25.7 Å². The molecule has 0 N–H and O–H groups in total. The third-order valence-corrected chi connectivity index (χ3v) is 12.7. The molecule has 12 aromatic rings. The lowest BCUT2D eigenvalue weighted by atomic mass is 10.1. The minimum Gasteiger partial charge on any atom is -0.340 e. The van der Waals surface area contributed by atoms with Crippen LogP contribution in [-0.2, 0) is 13.1 Å². The smallest absolute Gasteiger partial charge is 0.0541 e. The van der Waals surface area contributed by atoms with Crippen molar-refractivity contribution in [2.45, 2.75) is 38.8 Å². The lowest BCUT2D eigenvalue weighted by molar-refractivity contribution is 0.559. The lowest BCUT2D eigenvalue weighted by Crippen LogP contribution is -2.00. The Balaban J connectivity index is 0.804.